The molecule has 5 nitrogen and oxygen atoms in total. The second kappa shape index (κ2) is 4.79. The molecule has 0 aliphatic heterocycles. The molecule has 0 spiro atoms. The quantitative estimate of drug-likeness (QED) is 0.668. The Kier molecular flexibility index (Phi) is 3.39. The van der Waals surface area contributed by atoms with Gasteiger partial charge in [0.2, 0.25) is 0 Å². The fourth-order valence-electron chi connectivity index (χ4n) is 1.07. The van der Waals surface area contributed by atoms with Crippen molar-refractivity contribution in [3.63, 3.8) is 0 Å². The Labute approximate surface area is 110 Å². The van der Waals surface area contributed by atoms with Crippen molar-refractivity contribution in [3.8, 4) is 5.75 Å². The van der Waals surface area contributed by atoms with Crippen LogP contribution in [0.15, 0.2) is 29.9 Å². The van der Waals surface area contributed by atoms with Crippen LogP contribution in [0.2, 0.25) is 5.02 Å². The van der Waals surface area contributed by atoms with Gasteiger partial charge >= 0.3 is 0 Å². The van der Waals surface area contributed by atoms with Crippen LogP contribution in [-0.4, -0.2) is 26.2 Å². The first-order valence-electron chi connectivity index (χ1n) is 4.24. The third-order valence-electron chi connectivity index (χ3n) is 1.79. The minimum atomic E-state index is 0.154. The fraction of sp³-hybridized carbons (Fsp3) is 0. The van der Waals surface area contributed by atoms with Gasteiger partial charge in [-0.3, -0.25) is 0 Å². The van der Waals surface area contributed by atoms with Gasteiger partial charge in [-0.05, 0) is 34.7 Å². The van der Waals surface area contributed by atoms with Crippen LogP contribution in [-0.2, 0) is 0 Å². The summed E-state index contributed by atoms with van der Waals surface area (Å²) < 4.78 is 2.10. The number of phenolic OH excluding ortho intramolecular Hbond substituents is 1. The van der Waals surface area contributed by atoms with Crippen molar-refractivity contribution < 1.29 is 5.11 Å². The highest BCUT2D eigenvalue weighted by Crippen LogP contribution is 2.27. The number of hydrogen-bond acceptors (Lipinski definition) is 4. The van der Waals surface area contributed by atoms with Crippen molar-refractivity contribution in [1.29, 1.82) is 0 Å². The van der Waals surface area contributed by atoms with Crippen molar-refractivity contribution in [2.24, 2.45) is 5.10 Å². The molecule has 0 saturated carbocycles. The molecule has 0 bridgehead atoms. The Bertz CT molecular complexity index is 527. The molecule has 7 heteroatoms. The highest BCUT2D eigenvalue weighted by Gasteiger charge is 2.05. The molecular weight excluding hydrogens is 342 g/mol. The van der Waals surface area contributed by atoms with Gasteiger partial charge in [0.15, 0.2) is 0 Å². The molecule has 0 saturated heterocycles. The van der Waals surface area contributed by atoms with Crippen LogP contribution < -0.4 is 0 Å². The number of benzene rings is 1. The third-order valence-corrected chi connectivity index (χ3v) is 2.83. The van der Waals surface area contributed by atoms with Crippen LogP contribution in [0, 0.1) is 3.57 Å². The number of rotatable bonds is 2. The van der Waals surface area contributed by atoms with Gasteiger partial charge in [0.25, 0.3) is 0 Å². The zero-order valence-corrected chi connectivity index (χ0v) is 10.8. The van der Waals surface area contributed by atoms with Crippen molar-refractivity contribution >= 4 is 40.4 Å². The largest absolute Gasteiger partial charge is 0.506 e. The van der Waals surface area contributed by atoms with E-state index >= 15 is 0 Å². The smallest absolute Gasteiger partial charge is 0.141 e. The van der Waals surface area contributed by atoms with Crippen molar-refractivity contribution in [1.82, 2.24) is 14.9 Å². The summed E-state index contributed by atoms with van der Waals surface area (Å²) in [5, 5.41) is 21.5. The van der Waals surface area contributed by atoms with E-state index in [1.807, 2.05) is 22.6 Å². The van der Waals surface area contributed by atoms with Gasteiger partial charge in [-0.15, -0.1) is 10.2 Å². The Morgan fingerprint density at radius 1 is 1.38 bits per heavy atom. The summed E-state index contributed by atoms with van der Waals surface area (Å²) in [7, 11) is 0. The summed E-state index contributed by atoms with van der Waals surface area (Å²) in [4.78, 5) is 0. The number of phenols is 1. The highest BCUT2D eigenvalue weighted by atomic mass is 127. The van der Waals surface area contributed by atoms with Crippen LogP contribution in [0.25, 0.3) is 0 Å². The lowest BCUT2D eigenvalue weighted by molar-refractivity contribution is 0.470. The Hall–Kier alpha value is -1.15. The topological polar surface area (TPSA) is 63.3 Å². The molecule has 16 heavy (non-hydrogen) atoms. The molecule has 0 unspecified atom stereocenters. The third kappa shape index (κ3) is 2.50. The maximum absolute atomic E-state index is 9.75. The van der Waals surface area contributed by atoms with E-state index in [-0.39, 0.29) is 5.75 Å². The van der Waals surface area contributed by atoms with E-state index in [4.69, 9.17) is 11.6 Å². The first-order valence-corrected chi connectivity index (χ1v) is 5.69. The normalized spacial score (nSPS) is 11.1. The van der Waals surface area contributed by atoms with Gasteiger partial charge in [-0.2, -0.15) is 5.10 Å². The summed E-state index contributed by atoms with van der Waals surface area (Å²) in [6.07, 6.45) is 4.39. The molecule has 1 aromatic heterocycles. The van der Waals surface area contributed by atoms with E-state index in [1.165, 1.54) is 23.5 Å². The van der Waals surface area contributed by atoms with Gasteiger partial charge in [-0.25, -0.2) is 4.68 Å². The molecule has 0 radical (unpaired) electrons. The predicted octanol–water partition coefficient (Wildman–Crippen LogP) is 2.12. The zero-order chi connectivity index (χ0) is 11.5. The molecular formula is C9H6ClIN4O. The monoisotopic (exact) mass is 348 g/mol. The number of nitrogens with zero attached hydrogens (tertiary/aromatic N) is 4. The van der Waals surface area contributed by atoms with Gasteiger partial charge in [0.05, 0.1) is 9.78 Å². The maximum atomic E-state index is 9.75. The van der Waals surface area contributed by atoms with E-state index in [2.05, 4.69) is 15.3 Å². The number of hydrogen-bond donors (Lipinski definition) is 1. The SMILES string of the molecule is Oc1c(I)cc(Cl)cc1/C=N\n1cnnc1. The lowest BCUT2D eigenvalue weighted by Crippen LogP contribution is -1.90. The Morgan fingerprint density at radius 3 is 2.75 bits per heavy atom. The number of aromatic nitrogens is 3. The number of aromatic hydroxyl groups is 1. The zero-order valence-electron chi connectivity index (χ0n) is 7.88. The first-order chi connectivity index (χ1) is 7.66. The fourth-order valence-corrected chi connectivity index (χ4v) is 2.13. The molecule has 1 N–H and O–H groups in total. The lowest BCUT2D eigenvalue weighted by Gasteiger charge is -2.02. The molecule has 0 aliphatic rings. The van der Waals surface area contributed by atoms with Gasteiger partial charge in [0.1, 0.15) is 18.4 Å². The first kappa shape index (κ1) is 11.3. The molecule has 82 valence electrons. The average Bonchev–Trinajstić information content (AvgIpc) is 2.74. The maximum Gasteiger partial charge on any atom is 0.141 e. The van der Waals surface area contributed by atoms with Crippen LogP contribution in [0.1, 0.15) is 5.56 Å². The van der Waals surface area contributed by atoms with E-state index in [1.54, 1.807) is 12.1 Å². The molecule has 1 aromatic carbocycles. The highest BCUT2D eigenvalue weighted by molar-refractivity contribution is 14.1. The van der Waals surface area contributed by atoms with Crippen LogP contribution in [0.3, 0.4) is 0 Å². The predicted molar refractivity (Wildman–Crippen MR) is 68.8 cm³/mol. The average molecular weight is 349 g/mol. The van der Waals surface area contributed by atoms with E-state index in [0.717, 1.165) is 0 Å². The van der Waals surface area contributed by atoms with E-state index in [9.17, 15) is 5.11 Å². The van der Waals surface area contributed by atoms with Gasteiger partial charge in [-0.1, -0.05) is 11.6 Å². The minimum Gasteiger partial charge on any atom is -0.506 e. The minimum absolute atomic E-state index is 0.154. The standard InChI is InChI=1S/C9H6ClIN4O/c10-7-1-6(9(16)8(11)2-7)3-14-15-4-12-13-5-15/h1-5,16H/b14-3-. The summed E-state index contributed by atoms with van der Waals surface area (Å²) in [6, 6.07) is 3.31. The van der Waals surface area contributed by atoms with Gasteiger partial charge in [0, 0.05) is 10.6 Å². The molecule has 0 fully saturated rings. The molecule has 1 heterocycles. The summed E-state index contributed by atoms with van der Waals surface area (Å²) >= 11 is 7.87. The lowest BCUT2D eigenvalue weighted by atomic mass is 10.2. The van der Waals surface area contributed by atoms with Gasteiger partial charge < -0.3 is 5.11 Å². The summed E-state index contributed by atoms with van der Waals surface area (Å²) in [6.45, 7) is 0. The van der Waals surface area contributed by atoms with Crippen LogP contribution >= 0.6 is 34.2 Å². The molecule has 0 aliphatic carbocycles. The van der Waals surface area contributed by atoms with Crippen LogP contribution in [0.4, 0.5) is 0 Å². The van der Waals surface area contributed by atoms with E-state index < -0.39 is 0 Å². The summed E-state index contributed by atoms with van der Waals surface area (Å²) in [5.41, 5.74) is 0.547. The van der Waals surface area contributed by atoms with Crippen molar-refractivity contribution in [2.45, 2.75) is 0 Å². The Balaban J connectivity index is 2.34. The van der Waals surface area contributed by atoms with Crippen LogP contribution in [0.5, 0.6) is 5.75 Å². The van der Waals surface area contributed by atoms with Crippen molar-refractivity contribution in [3.05, 3.63) is 38.9 Å². The molecule has 2 aromatic rings. The summed E-state index contributed by atoms with van der Waals surface area (Å²) in [5.74, 6) is 0.154. The molecule has 2 rings (SSSR count). The van der Waals surface area contributed by atoms with Crippen molar-refractivity contribution in [2.75, 3.05) is 0 Å². The molecule has 0 atom stereocenters. The second-order valence-corrected chi connectivity index (χ2v) is 4.51. The molecule has 0 amide bonds. The van der Waals surface area contributed by atoms with E-state index in [0.29, 0.717) is 14.2 Å². The second-order valence-electron chi connectivity index (χ2n) is 2.91. The Morgan fingerprint density at radius 2 is 2.06 bits per heavy atom. The number of halogens is 2.